The monoisotopic (exact) mass is 335 g/mol. The van der Waals surface area contributed by atoms with Crippen LogP contribution < -0.4 is 10.6 Å². The van der Waals surface area contributed by atoms with E-state index in [9.17, 15) is 4.79 Å². The Bertz CT molecular complexity index is 850. The van der Waals surface area contributed by atoms with Crippen molar-refractivity contribution in [3.05, 3.63) is 41.9 Å². The molecular formula is C19H21N5O. The number of fused-ring (bicyclic) bond motifs is 1. The molecule has 3 heterocycles. The molecule has 6 heteroatoms. The lowest BCUT2D eigenvalue weighted by Crippen LogP contribution is -2.42. The van der Waals surface area contributed by atoms with Crippen LogP contribution in [0.4, 0.5) is 0 Å². The SMILES string of the molecule is O=C1NC(NC2CCCCCC2)=N/C1=C\c1ccc2ncccc2n1. The second kappa shape index (κ2) is 7.01. The van der Waals surface area contributed by atoms with Crippen molar-refractivity contribution in [1.82, 2.24) is 20.6 Å². The predicted molar refractivity (Wildman–Crippen MR) is 97.7 cm³/mol. The second-order valence-corrected chi connectivity index (χ2v) is 6.55. The molecule has 0 spiro atoms. The topological polar surface area (TPSA) is 79.3 Å². The normalized spacial score (nSPS) is 20.4. The fourth-order valence-corrected chi connectivity index (χ4v) is 3.35. The summed E-state index contributed by atoms with van der Waals surface area (Å²) >= 11 is 0. The summed E-state index contributed by atoms with van der Waals surface area (Å²) in [6.07, 6.45) is 10.8. The highest BCUT2D eigenvalue weighted by Gasteiger charge is 2.22. The maximum atomic E-state index is 12.2. The van der Waals surface area contributed by atoms with Gasteiger partial charge in [0.15, 0.2) is 0 Å². The van der Waals surface area contributed by atoms with Gasteiger partial charge in [0.25, 0.3) is 5.91 Å². The number of nitrogens with zero attached hydrogens (tertiary/aromatic N) is 3. The number of aliphatic imine (C=N–C) groups is 1. The summed E-state index contributed by atoms with van der Waals surface area (Å²) in [6, 6.07) is 7.89. The third-order valence-electron chi connectivity index (χ3n) is 4.66. The molecule has 4 rings (SSSR count). The molecule has 2 aromatic heterocycles. The van der Waals surface area contributed by atoms with E-state index in [2.05, 4.69) is 25.6 Å². The van der Waals surface area contributed by atoms with Crippen LogP contribution in [0.2, 0.25) is 0 Å². The molecule has 1 amide bonds. The van der Waals surface area contributed by atoms with E-state index in [4.69, 9.17) is 0 Å². The van der Waals surface area contributed by atoms with Gasteiger partial charge in [-0.15, -0.1) is 0 Å². The highest BCUT2D eigenvalue weighted by molar-refractivity contribution is 6.13. The van der Waals surface area contributed by atoms with Crippen LogP contribution in [-0.2, 0) is 4.79 Å². The minimum Gasteiger partial charge on any atom is -0.353 e. The van der Waals surface area contributed by atoms with E-state index in [0.29, 0.717) is 23.4 Å². The Balaban J connectivity index is 1.53. The minimum absolute atomic E-state index is 0.191. The summed E-state index contributed by atoms with van der Waals surface area (Å²) in [6.45, 7) is 0. The van der Waals surface area contributed by atoms with E-state index in [1.54, 1.807) is 12.3 Å². The van der Waals surface area contributed by atoms with Crippen LogP contribution in [0.1, 0.15) is 44.2 Å². The zero-order chi connectivity index (χ0) is 17.1. The zero-order valence-electron chi connectivity index (χ0n) is 14.0. The summed E-state index contributed by atoms with van der Waals surface area (Å²) in [5.41, 5.74) is 2.72. The smallest absolute Gasteiger partial charge is 0.276 e. The van der Waals surface area contributed by atoms with E-state index in [0.717, 1.165) is 23.9 Å². The van der Waals surface area contributed by atoms with E-state index in [1.165, 1.54) is 25.7 Å². The van der Waals surface area contributed by atoms with E-state index in [-0.39, 0.29) is 5.91 Å². The molecule has 0 unspecified atom stereocenters. The summed E-state index contributed by atoms with van der Waals surface area (Å²) in [5.74, 6) is 0.370. The van der Waals surface area contributed by atoms with Crippen LogP contribution in [0.3, 0.4) is 0 Å². The maximum absolute atomic E-state index is 12.2. The first kappa shape index (κ1) is 15.7. The second-order valence-electron chi connectivity index (χ2n) is 6.55. The Hall–Kier alpha value is -2.76. The van der Waals surface area contributed by atoms with Gasteiger partial charge >= 0.3 is 0 Å². The van der Waals surface area contributed by atoms with Crippen molar-refractivity contribution in [3.8, 4) is 0 Å². The van der Waals surface area contributed by atoms with Crippen LogP contribution in [0.25, 0.3) is 17.1 Å². The number of rotatable bonds is 2. The Kier molecular flexibility index (Phi) is 4.41. The molecule has 25 heavy (non-hydrogen) atoms. The molecule has 0 atom stereocenters. The third kappa shape index (κ3) is 3.68. The molecule has 2 N–H and O–H groups in total. The van der Waals surface area contributed by atoms with Crippen LogP contribution in [0.5, 0.6) is 0 Å². The van der Waals surface area contributed by atoms with Crippen molar-refractivity contribution >= 4 is 29.0 Å². The number of amides is 1. The van der Waals surface area contributed by atoms with Gasteiger partial charge in [0, 0.05) is 12.2 Å². The van der Waals surface area contributed by atoms with Crippen molar-refractivity contribution in [2.24, 2.45) is 4.99 Å². The van der Waals surface area contributed by atoms with Gasteiger partial charge in [-0.25, -0.2) is 9.98 Å². The van der Waals surface area contributed by atoms with Crippen LogP contribution in [-0.4, -0.2) is 27.9 Å². The van der Waals surface area contributed by atoms with Crippen molar-refractivity contribution in [2.75, 3.05) is 0 Å². The largest absolute Gasteiger partial charge is 0.353 e. The fraction of sp³-hybridized carbons (Fsp3) is 0.368. The van der Waals surface area contributed by atoms with E-state index < -0.39 is 0 Å². The van der Waals surface area contributed by atoms with Gasteiger partial charge in [-0.3, -0.25) is 15.1 Å². The number of pyridine rings is 2. The van der Waals surface area contributed by atoms with Gasteiger partial charge < -0.3 is 5.32 Å². The molecule has 0 saturated heterocycles. The van der Waals surface area contributed by atoms with Crippen LogP contribution >= 0.6 is 0 Å². The van der Waals surface area contributed by atoms with Crippen LogP contribution in [0, 0.1) is 0 Å². The maximum Gasteiger partial charge on any atom is 0.276 e. The molecule has 0 bridgehead atoms. The van der Waals surface area contributed by atoms with Gasteiger partial charge in [0.1, 0.15) is 5.70 Å². The van der Waals surface area contributed by atoms with E-state index in [1.807, 2.05) is 24.3 Å². The summed E-state index contributed by atoms with van der Waals surface area (Å²) < 4.78 is 0. The van der Waals surface area contributed by atoms with Crippen molar-refractivity contribution in [3.63, 3.8) is 0 Å². The first-order valence-electron chi connectivity index (χ1n) is 8.88. The van der Waals surface area contributed by atoms with Crippen molar-refractivity contribution in [1.29, 1.82) is 0 Å². The first-order valence-corrected chi connectivity index (χ1v) is 8.88. The van der Waals surface area contributed by atoms with Gasteiger partial charge in [-0.1, -0.05) is 25.7 Å². The fourth-order valence-electron chi connectivity index (χ4n) is 3.35. The lowest BCUT2D eigenvalue weighted by Gasteiger charge is -2.16. The number of aromatic nitrogens is 2. The Labute approximate surface area is 146 Å². The number of guanidine groups is 1. The average molecular weight is 335 g/mol. The number of hydrogen-bond acceptors (Lipinski definition) is 5. The highest BCUT2D eigenvalue weighted by Crippen LogP contribution is 2.18. The predicted octanol–water partition coefficient (Wildman–Crippen LogP) is 2.77. The Morgan fingerprint density at radius 3 is 2.76 bits per heavy atom. The summed E-state index contributed by atoms with van der Waals surface area (Å²) in [5, 5.41) is 6.20. The van der Waals surface area contributed by atoms with Gasteiger partial charge in [-0.2, -0.15) is 0 Å². The lowest BCUT2D eigenvalue weighted by atomic mass is 10.1. The Morgan fingerprint density at radius 2 is 1.92 bits per heavy atom. The molecular weight excluding hydrogens is 314 g/mol. The third-order valence-corrected chi connectivity index (χ3v) is 4.66. The zero-order valence-corrected chi connectivity index (χ0v) is 14.0. The number of nitrogens with one attached hydrogen (secondary N) is 2. The van der Waals surface area contributed by atoms with Gasteiger partial charge in [-0.05, 0) is 43.2 Å². The first-order chi connectivity index (χ1) is 12.3. The molecule has 1 aliphatic carbocycles. The molecule has 1 aliphatic heterocycles. The van der Waals surface area contributed by atoms with Crippen LogP contribution in [0.15, 0.2) is 41.2 Å². The highest BCUT2D eigenvalue weighted by atomic mass is 16.2. The van der Waals surface area contributed by atoms with Gasteiger partial charge in [0.05, 0.1) is 16.7 Å². The average Bonchev–Trinajstić information content (AvgIpc) is 2.82. The summed E-state index contributed by atoms with van der Waals surface area (Å²) in [4.78, 5) is 25.4. The number of carbonyl (C=O) groups is 1. The standard InChI is InChI=1S/C19H21N5O/c25-18-17(12-14-9-10-15-16(21-14)8-5-11-20-15)23-19(24-18)22-13-6-3-1-2-4-7-13/h5,8-13H,1-4,6-7H2,(H2,22,23,24,25)/b17-12-. The number of hydrogen-bond donors (Lipinski definition) is 2. The molecule has 128 valence electrons. The van der Waals surface area contributed by atoms with Crippen molar-refractivity contribution in [2.45, 2.75) is 44.6 Å². The molecule has 2 aromatic rings. The number of carbonyl (C=O) groups excluding carboxylic acids is 1. The Morgan fingerprint density at radius 1 is 1.08 bits per heavy atom. The molecule has 0 aromatic carbocycles. The summed E-state index contributed by atoms with van der Waals surface area (Å²) in [7, 11) is 0. The molecule has 0 radical (unpaired) electrons. The van der Waals surface area contributed by atoms with Crippen molar-refractivity contribution < 1.29 is 4.79 Å². The quantitative estimate of drug-likeness (QED) is 0.653. The van der Waals surface area contributed by atoms with E-state index >= 15 is 0 Å². The lowest BCUT2D eigenvalue weighted by molar-refractivity contribution is -0.115. The van der Waals surface area contributed by atoms with Gasteiger partial charge in [0.2, 0.25) is 5.96 Å². The molecule has 2 aliphatic rings. The minimum atomic E-state index is -0.191. The molecule has 1 saturated carbocycles. The molecule has 1 fully saturated rings. The molecule has 6 nitrogen and oxygen atoms in total.